The van der Waals surface area contributed by atoms with Gasteiger partial charge in [0.2, 0.25) is 11.8 Å². The highest BCUT2D eigenvalue weighted by Crippen LogP contribution is 2.36. The van der Waals surface area contributed by atoms with E-state index in [9.17, 15) is 36.3 Å². The lowest BCUT2D eigenvalue weighted by molar-refractivity contribution is -0.270. The second kappa shape index (κ2) is 9.11. The summed E-state index contributed by atoms with van der Waals surface area (Å²) >= 11 is 0. The average Bonchev–Trinajstić information content (AvgIpc) is 2.69. The molecule has 166 valence electrons. The predicted molar refractivity (Wildman–Crippen MR) is 99.9 cm³/mol. The van der Waals surface area contributed by atoms with Crippen molar-refractivity contribution in [3.8, 4) is 0 Å². The van der Waals surface area contributed by atoms with Crippen LogP contribution in [0, 0.1) is 6.92 Å². The van der Waals surface area contributed by atoms with Crippen molar-refractivity contribution < 1.29 is 36.3 Å². The minimum Gasteiger partial charge on any atom is -0.366 e. The number of nitrogens with two attached hydrogens (primary N) is 1. The molecule has 0 aliphatic rings. The van der Waals surface area contributed by atoms with Gasteiger partial charge in [0, 0.05) is 12.1 Å². The number of rotatable bonds is 7. The Morgan fingerprint density at radius 1 is 1.00 bits per heavy atom. The highest BCUT2D eigenvalue weighted by Gasteiger charge is 2.63. The predicted octanol–water partition coefficient (Wildman–Crippen LogP) is 2.77. The number of hydrogen-bond donors (Lipinski definition) is 3. The summed E-state index contributed by atoms with van der Waals surface area (Å²) in [7, 11) is 0. The van der Waals surface area contributed by atoms with Crippen LogP contribution in [0.2, 0.25) is 0 Å². The number of carbonyl (C=O) groups excluding carboxylic acids is 3. The molecule has 31 heavy (non-hydrogen) atoms. The summed E-state index contributed by atoms with van der Waals surface area (Å²) < 4.78 is 64.2. The maximum Gasteiger partial charge on any atom is 0.463 e. The number of halogens is 5. The largest absolute Gasteiger partial charge is 0.463 e. The highest BCUT2D eigenvalue weighted by atomic mass is 19.4. The Balaban J connectivity index is 2.21. The van der Waals surface area contributed by atoms with E-state index in [0.717, 1.165) is 0 Å². The number of alkyl halides is 5. The zero-order chi connectivity index (χ0) is 23.4. The van der Waals surface area contributed by atoms with Gasteiger partial charge in [-0.15, -0.1) is 0 Å². The van der Waals surface area contributed by atoms with Gasteiger partial charge in [0.05, 0.1) is 0 Å². The van der Waals surface area contributed by atoms with E-state index in [0.29, 0.717) is 11.1 Å². The summed E-state index contributed by atoms with van der Waals surface area (Å²) in [5, 5.41) is 3.84. The third-order valence-corrected chi connectivity index (χ3v) is 4.33. The Kier molecular flexibility index (Phi) is 6.98. The van der Waals surface area contributed by atoms with Crippen LogP contribution in [0.3, 0.4) is 0 Å². The molecule has 11 heteroatoms. The molecule has 0 radical (unpaired) electrons. The first-order valence-electron chi connectivity index (χ1n) is 8.82. The highest BCUT2D eigenvalue weighted by molar-refractivity contribution is 5.94. The lowest BCUT2D eigenvalue weighted by atomic mass is 10.0. The minimum absolute atomic E-state index is 0.00609. The number of nitrogens with one attached hydrogen (secondary N) is 2. The summed E-state index contributed by atoms with van der Waals surface area (Å²) in [5.41, 5.74) is 6.52. The van der Waals surface area contributed by atoms with Gasteiger partial charge in [-0.2, -0.15) is 22.0 Å². The van der Waals surface area contributed by atoms with Crippen LogP contribution < -0.4 is 16.4 Å². The van der Waals surface area contributed by atoms with Crippen molar-refractivity contribution in [1.29, 1.82) is 0 Å². The van der Waals surface area contributed by atoms with Crippen molar-refractivity contribution in [2.24, 2.45) is 5.73 Å². The Morgan fingerprint density at radius 3 is 2.13 bits per heavy atom. The molecule has 0 bridgehead atoms. The Hall–Kier alpha value is -3.50. The van der Waals surface area contributed by atoms with Crippen molar-refractivity contribution in [2.75, 3.05) is 0 Å². The molecule has 3 amide bonds. The van der Waals surface area contributed by atoms with Gasteiger partial charge in [-0.1, -0.05) is 42.5 Å². The molecule has 0 saturated carbocycles. The number of carbonyl (C=O) groups is 3. The van der Waals surface area contributed by atoms with Crippen LogP contribution in [0.5, 0.6) is 0 Å². The summed E-state index contributed by atoms with van der Waals surface area (Å²) in [6.45, 7) is 1.46. The van der Waals surface area contributed by atoms with Crippen LogP contribution in [0.4, 0.5) is 22.0 Å². The van der Waals surface area contributed by atoms with Gasteiger partial charge in [-0.3, -0.25) is 14.4 Å². The zero-order valence-corrected chi connectivity index (χ0v) is 16.1. The molecule has 4 N–H and O–H groups in total. The van der Waals surface area contributed by atoms with Crippen molar-refractivity contribution in [2.45, 2.75) is 31.6 Å². The van der Waals surface area contributed by atoms with Crippen molar-refractivity contribution in [3.05, 3.63) is 70.8 Å². The molecule has 0 spiro atoms. The van der Waals surface area contributed by atoms with Crippen LogP contribution in [0.1, 0.15) is 33.1 Å². The van der Waals surface area contributed by atoms with E-state index in [1.807, 2.05) is 0 Å². The Bertz CT molecular complexity index is 978. The van der Waals surface area contributed by atoms with E-state index in [2.05, 4.69) is 5.32 Å². The van der Waals surface area contributed by atoms with E-state index < -0.39 is 35.9 Å². The molecule has 0 fully saturated rings. The van der Waals surface area contributed by atoms with Gasteiger partial charge in [0.15, 0.2) is 0 Å². The molecule has 2 aromatic rings. The molecular formula is C20H18F5N3O3. The third-order valence-electron chi connectivity index (χ3n) is 4.33. The van der Waals surface area contributed by atoms with Gasteiger partial charge in [-0.25, -0.2) is 0 Å². The van der Waals surface area contributed by atoms with Gasteiger partial charge in [-0.05, 0) is 29.7 Å². The maximum atomic E-state index is 13.4. The molecule has 0 heterocycles. The molecular weight excluding hydrogens is 425 g/mol. The summed E-state index contributed by atoms with van der Waals surface area (Å²) in [4.78, 5) is 35.4. The molecule has 0 aromatic heterocycles. The molecule has 0 saturated heterocycles. The van der Waals surface area contributed by atoms with E-state index in [1.54, 1.807) is 13.0 Å². The van der Waals surface area contributed by atoms with E-state index in [1.165, 1.54) is 47.8 Å². The molecule has 1 unspecified atom stereocenters. The Morgan fingerprint density at radius 2 is 1.61 bits per heavy atom. The van der Waals surface area contributed by atoms with Crippen molar-refractivity contribution >= 4 is 17.7 Å². The quantitative estimate of drug-likeness (QED) is 0.574. The third kappa shape index (κ3) is 5.56. The van der Waals surface area contributed by atoms with Gasteiger partial charge < -0.3 is 16.4 Å². The number of amides is 3. The average molecular weight is 443 g/mol. The zero-order valence-electron chi connectivity index (χ0n) is 16.1. The van der Waals surface area contributed by atoms with Crippen molar-refractivity contribution in [3.63, 3.8) is 0 Å². The van der Waals surface area contributed by atoms with E-state index in [-0.39, 0.29) is 17.7 Å². The normalized spacial score (nSPS) is 12.7. The maximum absolute atomic E-state index is 13.4. The molecule has 0 aliphatic carbocycles. The first kappa shape index (κ1) is 23.8. The van der Waals surface area contributed by atoms with Crippen LogP contribution in [-0.4, -0.2) is 29.8 Å². The molecule has 6 nitrogen and oxygen atoms in total. The summed E-state index contributed by atoms with van der Waals surface area (Å²) in [5.74, 6) is -9.98. The Labute approximate surface area is 173 Å². The van der Waals surface area contributed by atoms with E-state index >= 15 is 0 Å². The fourth-order valence-corrected chi connectivity index (χ4v) is 2.70. The number of hydrogen-bond acceptors (Lipinski definition) is 3. The summed E-state index contributed by atoms with van der Waals surface area (Å²) in [6, 6.07) is 9.64. The van der Waals surface area contributed by atoms with Gasteiger partial charge in [0.25, 0.3) is 0 Å². The van der Waals surface area contributed by atoms with Gasteiger partial charge in [0.1, 0.15) is 6.04 Å². The smallest absolute Gasteiger partial charge is 0.366 e. The van der Waals surface area contributed by atoms with Crippen LogP contribution in [-0.2, 0) is 16.1 Å². The first-order valence-corrected chi connectivity index (χ1v) is 8.82. The molecule has 0 aliphatic heterocycles. The topological polar surface area (TPSA) is 101 Å². The molecule has 1 atom stereocenters. The number of primary amides is 1. The molecule has 2 rings (SSSR count). The van der Waals surface area contributed by atoms with Crippen LogP contribution in [0.15, 0.2) is 48.5 Å². The van der Waals surface area contributed by atoms with Crippen molar-refractivity contribution in [1.82, 2.24) is 10.6 Å². The second-order valence-electron chi connectivity index (χ2n) is 6.62. The first-order chi connectivity index (χ1) is 14.3. The van der Waals surface area contributed by atoms with Crippen LogP contribution >= 0.6 is 0 Å². The van der Waals surface area contributed by atoms with Gasteiger partial charge >= 0.3 is 18.0 Å². The number of aryl methyl sites for hydroxylation is 1. The number of benzene rings is 2. The van der Waals surface area contributed by atoms with E-state index in [4.69, 9.17) is 5.73 Å². The molecule has 2 aromatic carbocycles. The minimum atomic E-state index is -6.12. The summed E-state index contributed by atoms with van der Waals surface area (Å²) in [6.07, 6.45) is -6.12. The lowest BCUT2D eigenvalue weighted by Gasteiger charge is -2.23. The second-order valence-corrected chi connectivity index (χ2v) is 6.62. The monoisotopic (exact) mass is 443 g/mol. The fourth-order valence-electron chi connectivity index (χ4n) is 2.70. The lowest BCUT2D eigenvalue weighted by Crippen LogP contribution is -2.53. The SMILES string of the molecule is Cc1cc(CNC(=O)C(NC(=O)C(F)(F)C(F)(F)F)c2ccccc2)ccc1C(N)=O. The van der Waals surface area contributed by atoms with Crippen LogP contribution in [0.25, 0.3) is 0 Å². The standard InChI is InChI=1S/C20H18F5N3O3/c1-11-9-12(7-8-14(11)16(26)29)10-27-17(30)15(13-5-3-2-4-6-13)28-18(31)19(21,22)20(23,24)25/h2-9,15H,10H2,1H3,(H2,26,29)(H,27,30)(H,28,31). The fraction of sp³-hybridized carbons (Fsp3) is 0.250.